The van der Waals surface area contributed by atoms with Gasteiger partial charge < -0.3 is 15.2 Å². The second-order valence-corrected chi connectivity index (χ2v) is 4.36. The van der Waals surface area contributed by atoms with E-state index in [0.29, 0.717) is 11.5 Å². The molecule has 5 heteroatoms. The highest BCUT2D eigenvalue weighted by atomic mass is 16.5. The molecule has 0 radical (unpaired) electrons. The Morgan fingerprint density at radius 3 is 2.16 bits per heavy atom. The van der Waals surface area contributed by atoms with Gasteiger partial charge in [0.1, 0.15) is 11.5 Å². The van der Waals surface area contributed by atoms with Crippen LogP contribution < -0.4 is 15.2 Å². The molecule has 2 atom stereocenters. The first-order valence-electron chi connectivity index (χ1n) is 6.21. The van der Waals surface area contributed by atoms with E-state index in [0.717, 1.165) is 6.42 Å². The van der Waals surface area contributed by atoms with Gasteiger partial charge in [-0.15, -0.1) is 0 Å². The Morgan fingerprint density at radius 2 is 1.68 bits per heavy atom. The summed E-state index contributed by atoms with van der Waals surface area (Å²) in [6, 6.07) is 6.48. The minimum absolute atomic E-state index is 0.134. The zero-order valence-electron chi connectivity index (χ0n) is 11.4. The van der Waals surface area contributed by atoms with Gasteiger partial charge >= 0.3 is 5.97 Å². The minimum atomic E-state index is -0.700. The monoisotopic (exact) mass is 265 g/mol. The zero-order chi connectivity index (χ0) is 14.4. The molecule has 1 amide bonds. The van der Waals surface area contributed by atoms with Crippen LogP contribution in [0.5, 0.6) is 11.5 Å². The zero-order valence-corrected chi connectivity index (χ0v) is 11.4. The number of ether oxygens (including phenoxy) is 2. The van der Waals surface area contributed by atoms with Crippen molar-refractivity contribution in [2.24, 2.45) is 11.7 Å². The van der Waals surface area contributed by atoms with E-state index in [1.54, 1.807) is 31.2 Å². The standard InChI is InChI=1S/C14H19NO4/c1-4-9(2)14(17)19-12-7-5-11(6-8-12)18-10(3)13(15)16/h5-10H,4H2,1-3H3,(H2,15,16)/t9-,10-/m0/s1. The molecule has 0 fully saturated rings. The summed E-state index contributed by atoms with van der Waals surface area (Å²) in [5.41, 5.74) is 5.09. The quantitative estimate of drug-likeness (QED) is 0.629. The highest BCUT2D eigenvalue weighted by Gasteiger charge is 2.13. The first-order chi connectivity index (χ1) is 8.93. The Morgan fingerprint density at radius 1 is 1.16 bits per heavy atom. The van der Waals surface area contributed by atoms with E-state index in [-0.39, 0.29) is 11.9 Å². The van der Waals surface area contributed by atoms with E-state index < -0.39 is 12.0 Å². The Labute approximate surface area is 112 Å². The third-order valence-corrected chi connectivity index (χ3v) is 2.77. The predicted octanol–water partition coefficient (Wildman–Crippen LogP) is 1.89. The molecule has 1 rings (SSSR count). The molecule has 0 spiro atoms. The van der Waals surface area contributed by atoms with Crippen LogP contribution in [0, 0.1) is 5.92 Å². The lowest BCUT2D eigenvalue weighted by Crippen LogP contribution is -2.30. The highest BCUT2D eigenvalue weighted by molar-refractivity contribution is 5.78. The summed E-state index contributed by atoms with van der Waals surface area (Å²) in [5, 5.41) is 0. The lowest BCUT2D eigenvalue weighted by Gasteiger charge is -2.12. The molecule has 0 aliphatic heterocycles. The number of amides is 1. The van der Waals surface area contributed by atoms with Gasteiger partial charge in [-0.3, -0.25) is 9.59 Å². The van der Waals surface area contributed by atoms with E-state index in [9.17, 15) is 9.59 Å². The number of rotatable bonds is 6. The minimum Gasteiger partial charge on any atom is -0.481 e. The first kappa shape index (κ1) is 15.0. The summed E-state index contributed by atoms with van der Waals surface area (Å²) in [6.07, 6.45) is 0.0318. The van der Waals surface area contributed by atoms with Crippen LogP contribution in [-0.4, -0.2) is 18.0 Å². The number of benzene rings is 1. The van der Waals surface area contributed by atoms with Gasteiger partial charge in [-0.2, -0.15) is 0 Å². The second kappa shape index (κ2) is 6.78. The maximum atomic E-state index is 11.6. The molecule has 0 aromatic heterocycles. The lowest BCUT2D eigenvalue weighted by atomic mass is 10.1. The van der Waals surface area contributed by atoms with Gasteiger partial charge in [-0.1, -0.05) is 13.8 Å². The van der Waals surface area contributed by atoms with Crippen molar-refractivity contribution < 1.29 is 19.1 Å². The van der Waals surface area contributed by atoms with Gasteiger partial charge in [0.05, 0.1) is 5.92 Å². The largest absolute Gasteiger partial charge is 0.481 e. The van der Waals surface area contributed by atoms with Gasteiger partial charge in [-0.05, 0) is 37.6 Å². The molecule has 104 valence electrons. The van der Waals surface area contributed by atoms with Gasteiger partial charge in [0.2, 0.25) is 0 Å². The van der Waals surface area contributed by atoms with Crippen molar-refractivity contribution in [3.63, 3.8) is 0 Å². The molecule has 5 nitrogen and oxygen atoms in total. The number of primary amides is 1. The maximum absolute atomic E-state index is 11.6. The normalized spacial score (nSPS) is 13.4. The van der Waals surface area contributed by atoms with Crippen LogP contribution in [0.15, 0.2) is 24.3 Å². The fraction of sp³-hybridized carbons (Fsp3) is 0.429. The third-order valence-electron chi connectivity index (χ3n) is 2.77. The fourth-order valence-electron chi connectivity index (χ4n) is 1.23. The molecule has 0 saturated heterocycles. The van der Waals surface area contributed by atoms with Crippen LogP contribution in [0.4, 0.5) is 0 Å². The van der Waals surface area contributed by atoms with Gasteiger partial charge in [0, 0.05) is 0 Å². The van der Waals surface area contributed by atoms with Crippen LogP contribution in [0.25, 0.3) is 0 Å². The van der Waals surface area contributed by atoms with E-state index in [4.69, 9.17) is 15.2 Å². The summed E-state index contributed by atoms with van der Waals surface area (Å²) < 4.78 is 10.5. The molecule has 0 heterocycles. The number of carbonyl (C=O) groups is 2. The SMILES string of the molecule is CC[C@H](C)C(=O)Oc1ccc(O[C@@H](C)C(N)=O)cc1. The van der Waals surface area contributed by atoms with E-state index >= 15 is 0 Å². The number of hydrogen-bond acceptors (Lipinski definition) is 4. The van der Waals surface area contributed by atoms with Crippen LogP contribution in [0.1, 0.15) is 27.2 Å². The van der Waals surface area contributed by atoms with Crippen molar-refractivity contribution in [1.82, 2.24) is 0 Å². The van der Waals surface area contributed by atoms with E-state index in [2.05, 4.69) is 0 Å². The van der Waals surface area contributed by atoms with E-state index in [1.165, 1.54) is 0 Å². The molecule has 0 bridgehead atoms. The molecule has 0 saturated carbocycles. The summed E-state index contributed by atoms with van der Waals surface area (Å²) in [6.45, 7) is 5.31. The summed E-state index contributed by atoms with van der Waals surface area (Å²) in [7, 11) is 0. The highest BCUT2D eigenvalue weighted by Crippen LogP contribution is 2.19. The van der Waals surface area contributed by atoms with Crippen LogP contribution in [0.3, 0.4) is 0 Å². The Balaban J connectivity index is 2.61. The summed E-state index contributed by atoms with van der Waals surface area (Å²) in [4.78, 5) is 22.4. The smallest absolute Gasteiger partial charge is 0.314 e. The van der Waals surface area contributed by atoms with Crippen LogP contribution >= 0.6 is 0 Å². The third kappa shape index (κ3) is 4.62. The molecule has 0 aliphatic carbocycles. The Bertz CT molecular complexity index is 441. The Hall–Kier alpha value is -2.04. The molecular formula is C14H19NO4. The second-order valence-electron chi connectivity index (χ2n) is 4.36. The van der Waals surface area contributed by atoms with Crippen molar-refractivity contribution in [3.05, 3.63) is 24.3 Å². The van der Waals surface area contributed by atoms with Crippen LogP contribution in [-0.2, 0) is 9.59 Å². The number of nitrogens with two attached hydrogens (primary N) is 1. The molecule has 1 aromatic carbocycles. The van der Waals surface area contributed by atoms with Gasteiger partial charge in [-0.25, -0.2) is 0 Å². The maximum Gasteiger partial charge on any atom is 0.314 e. The Kier molecular flexibility index (Phi) is 5.36. The average Bonchev–Trinajstić information content (AvgIpc) is 2.39. The predicted molar refractivity (Wildman–Crippen MR) is 70.8 cm³/mol. The van der Waals surface area contributed by atoms with Gasteiger partial charge in [0.25, 0.3) is 5.91 Å². The van der Waals surface area contributed by atoms with Crippen LogP contribution in [0.2, 0.25) is 0 Å². The number of hydrogen-bond donors (Lipinski definition) is 1. The van der Waals surface area contributed by atoms with Crippen molar-refractivity contribution in [2.75, 3.05) is 0 Å². The summed E-state index contributed by atoms with van der Waals surface area (Å²) in [5.74, 6) is 0.0128. The molecule has 19 heavy (non-hydrogen) atoms. The average molecular weight is 265 g/mol. The lowest BCUT2D eigenvalue weighted by molar-refractivity contribution is -0.138. The fourth-order valence-corrected chi connectivity index (χ4v) is 1.23. The molecular weight excluding hydrogens is 246 g/mol. The molecule has 0 unspecified atom stereocenters. The van der Waals surface area contributed by atoms with Crippen molar-refractivity contribution in [3.8, 4) is 11.5 Å². The molecule has 0 aliphatic rings. The van der Waals surface area contributed by atoms with Gasteiger partial charge in [0.15, 0.2) is 6.10 Å². The van der Waals surface area contributed by atoms with Crippen molar-refractivity contribution in [2.45, 2.75) is 33.3 Å². The van der Waals surface area contributed by atoms with Crippen molar-refractivity contribution in [1.29, 1.82) is 0 Å². The first-order valence-corrected chi connectivity index (χ1v) is 6.21. The van der Waals surface area contributed by atoms with E-state index in [1.807, 2.05) is 13.8 Å². The van der Waals surface area contributed by atoms with Crippen molar-refractivity contribution >= 4 is 11.9 Å². The molecule has 2 N–H and O–H groups in total. The summed E-state index contributed by atoms with van der Waals surface area (Å²) >= 11 is 0. The topological polar surface area (TPSA) is 78.6 Å². The number of esters is 1. The molecule has 1 aromatic rings. The number of carbonyl (C=O) groups excluding carboxylic acids is 2.